The molecule has 0 aliphatic carbocycles. The normalized spacial score (nSPS) is 14.5. The third kappa shape index (κ3) is 2.69. The van der Waals surface area contributed by atoms with Crippen LogP contribution < -0.4 is 0 Å². The molecule has 3 amide bonds. The highest BCUT2D eigenvalue weighted by molar-refractivity contribution is 6.22. The van der Waals surface area contributed by atoms with E-state index in [1.165, 1.54) is 0 Å². The average Bonchev–Trinajstić information content (AvgIpc) is 2.86. The molecule has 0 bridgehead atoms. The fraction of sp³-hybridized carbons (Fsp3) is 0.211. The number of rotatable bonds is 4. The molecular formula is C19H18N2O3. The van der Waals surface area contributed by atoms with Crippen molar-refractivity contribution in [3.8, 4) is 0 Å². The maximum absolute atomic E-state index is 12.5. The van der Waals surface area contributed by atoms with Gasteiger partial charge >= 0.3 is 0 Å². The molecule has 3 rings (SSSR count). The first-order valence-corrected chi connectivity index (χ1v) is 7.76. The van der Waals surface area contributed by atoms with Gasteiger partial charge < -0.3 is 4.90 Å². The summed E-state index contributed by atoms with van der Waals surface area (Å²) in [5, 5.41) is 0. The van der Waals surface area contributed by atoms with Crippen LogP contribution in [0.5, 0.6) is 0 Å². The van der Waals surface area contributed by atoms with Crippen molar-refractivity contribution in [1.82, 2.24) is 9.80 Å². The summed E-state index contributed by atoms with van der Waals surface area (Å²) in [6.07, 6.45) is 0. The molecule has 0 saturated heterocycles. The van der Waals surface area contributed by atoms with Crippen LogP contribution >= 0.6 is 0 Å². The van der Waals surface area contributed by atoms with E-state index in [1.54, 1.807) is 36.2 Å². The Morgan fingerprint density at radius 2 is 1.46 bits per heavy atom. The van der Waals surface area contributed by atoms with Gasteiger partial charge in [0.25, 0.3) is 11.8 Å². The van der Waals surface area contributed by atoms with Crippen molar-refractivity contribution in [2.24, 2.45) is 0 Å². The first-order chi connectivity index (χ1) is 11.5. The van der Waals surface area contributed by atoms with E-state index in [2.05, 4.69) is 0 Å². The van der Waals surface area contributed by atoms with Crippen LogP contribution in [0.25, 0.3) is 0 Å². The molecule has 1 aliphatic heterocycles. The predicted molar refractivity (Wildman–Crippen MR) is 89.4 cm³/mol. The van der Waals surface area contributed by atoms with Gasteiger partial charge in [0.15, 0.2) is 0 Å². The lowest BCUT2D eigenvalue weighted by Gasteiger charge is -2.27. The van der Waals surface area contributed by atoms with Gasteiger partial charge in [0.2, 0.25) is 5.91 Å². The summed E-state index contributed by atoms with van der Waals surface area (Å²) in [5.74, 6) is -1.10. The Hall–Kier alpha value is -2.95. The van der Waals surface area contributed by atoms with Crippen LogP contribution in [0.1, 0.15) is 39.2 Å². The predicted octanol–water partition coefficient (Wildman–Crippen LogP) is 2.50. The zero-order valence-corrected chi connectivity index (χ0v) is 13.6. The number of amides is 3. The Kier molecular flexibility index (Phi) is 4.16. The Morgan fingerprint density at radius 1 is 0.958 bits per heavy atom. The number of likely N-dealkylation sites (N-methyl/N-ethyl adjacent to an activating group) is 1. The number of fused-ring (bicyclic) bond motifs is 1. The largest absolute Gasteiger partial charge is 0.337 e. The van der Waals surface area contributed by atoms with Gasteiger partial charge in [0.1, 0.15) is 6.54 Å². The second kappa shape index (κ2) is 6.28. The Morgan fingerprint density at radius 3 is 2.00 bits per heavy atom. The molecule has 0 radical (unpaired) electrons. The van der Waals surface area contributed by atoms with Crippen LogP contribution in [-0.2, 0) is 4.79 Å². The van der Waals surface area contributed by atoms with Crippen molar-refractivity contribution in [3.63, 3.8) is 0 Å². The third-order valence-corrected chi connectivity index (χ3v) is 4.43. The smallest absolute Gasteiger partial charge is 0.262 e. The van der Waals surface area contributed by atoms with Crippen LogP contribution in [0.15, 0.2) is 54.6 Å². The molecule has 1 atom stereocenters. The minimum atomic E-state index is -0.412. The van der Waals surface area contributed by atoms with Crippen LogP contribution in [0, 0.1) is 0 Å². The van der Waals surface area contributed by atoms with E-state index < -0.39 is 11.8 Å². The summed E-state index contributed by atoms with van der Waals surface area (Å²) in [7, 11) is 1.68. The summed E-state index contributed by atoms with van der Waals surface area (Å²) in [6.45, 7) is 1.66. The minimum Gasteiger partial charge on any atom is -0.337 e. The topological polar surface area (TPSA) is 57.7 Å². The van der Waals surface area contributed by atoms with Crippen molar-refractivity contribution in [1.29, 1.82) is 0 Å². The number of benzene rings is 2. The number of carbonyl (C=O) groups excluding carboxylic acids is 3. The van der Waals surface area contributed by atoms with Crippen molar-refractivity contribution < 1.29 is 14.4 Å². The van der Waals surface area contributed by atoms with E-state index in [1.807, 2.05) is 37.3 Å². The second-order valence-corrected chi connectivity index (χ2v) is 5.83. The van der Waals surface area contributed by atoms with Gasteiger partial charge in [-0.05, 0) is 24.6 Å². The van der Waals surface area contributed by atoms with Gasteiger partial charge in [-0.1, -0.05) is 42.5 Å². The van der Waals surface area contributed by atoms with Crippen LogP contribution in [0.3, 0.4) is 0 Å². The fourth-order valence-corrected chi connectivity index (χ4v) is 2.80. The summed E-state index contributed by atoms with van der Waals surface area (Å²) < 4.78 is 0. The Balaban J connectivity index is 1.74. The highest BCUT2D eigenvalue weighted by Gasteiger charge is 2.37. The molecule has 122 valence electrons. The Labute approximate surface area is 140 Å². The number of imide groups is 1. The molecular weight excluding hydrogens is 304 g/mol. The molecule has 0 fully saturated rings. The molecule has 5 heteroatoms. The van der Waals surface area contributed by atoms with Crippen molar-refractivity contribution in [2.75, 3.05) is 13.6 Å². The SMILES string of the molecule is CC(c1ccccc1)N(C)C(=O)CN1C(=O)c2ccccc2C1=O. The van der Waals surface area contributed by atoms with Gasteiger partial charge in [-0.15, -0.1) is 0 Å². The van der Waals surface area contributed by atoms with E-state index in [4.69, 9.17) is 0 Å². The van der Waals surface area contributed by atoms with Crippen molar-refractivity contribution in [2.45, 2.75) is 13.0 Å². The van der Waals surface area contributed by atoms with Crippen LogP contribution in [0.2, 0.25) is 0 Å². The molecule has 0 aromatic heterocycles. The summed E-state index contributed by atoms with van der Waals surface area (Å²) in [4.78, 5) is 39.8. The van der Waals surface area contributed by atoms with Gasteiger partial charge in [0, 0.05) is 7.05 Å². The third-order valence-electron chi connectivity index (χ3n) is 4.43. The highest BCUT2D eigenvalue weighted by Crippen LogP contribution is 2.23. The fourth-order valence-electron chi connectivity index (χ4n) is 2.80. The molecule has 2 aromatic carbocycles. The lowest BCUT2D eigenvalue weighted by atomic mass is 10.1. The summed E-state index contributed by atoms with van der Waals surface area (Å²) in [5.41, 5.74) is 1.71. The highest BCUT2D eigenvalue weighted by atomic mass is 16.2. The molecule has 5 nitrogen and oxygen atoms in total. The standard InChI is InChI=1S/C19H18N2O3/c1-13(14-8-4-3-5-9-14)20(2)17(22)12-21-18(23)15-10-6-7-11-16(15)19(21)24/h3-11,13H,12H2,1-2H3. The lowest BCUT2D eigenvalue weighted by molar-refractivity contribution is -0.132. The minimum absolute atomic E-state index is 0.145. The lowest BCUT2D eigenvalue weighted by Crippen LogP contribution is -2.42. The first kappa shape index (κ1) is 15.9. The second-order valence-electron chi connectivity index (χ2n) is 5.83. The Bertz CT molecular complexity index is 766. The molecule has 0 saturated carbocycles. The van der Waals surface area contributed by atoms with Gasteiger partial charge in [-0.2, -0.15) is 0 Å². The summed E-state index contributed by atoms with van der Waals surface area (Å²) >= 11 is 0. The molecule has 24 heavy (non-hydrogen) atoms. The number of hydrogen-bond acceptors (Lipinski definition) is 3. The molecule has 1 unspecified atom stereocenters. The van der Waals surface area contributed by atoms with Crippen LogP contribution in [-0.4, -0.2) is 41.1 Å². The quantitative estimate of drug-likeness (QED) is 0.813. The van der Waals surface area contributed by atoms with Crippen molar-refractivity contribution >= 4 is 17.7 Å². The molecule has 0 spiro atoms. The molecule has 0 N–H and O–H groups in total. The zero-order valence-electron chi connectivity index (χ0n) is 13.6. The van der Waals surface area contributed by atoms with Crippen molar-refractivity contribution in [3.05, 3.63) is 71.3 Å². The zero-order chi connectivity index (χ0) is 17.3. The van der Waals surface area contributed by atoms with Gasteiger partial charge in [-0.25, -0.2) is 0 Å². The number of carbonyl (C=O) groups is 3. The number of nitrogens with zero attached hydrogens (tertiary/aromatic N) is 2. The monoisotopic (exact) mass is 322 g/mol. The van der Waals surface area contributed by atoms with E-state index in [0.29, 0.717) is 11.1 Å². The van der Waals surface area contributed by atoms with Crippen LogP contribution in [0.4, 0.5) is 0 Å². The average molecular weight is 322 g/mol. The van der Waals surface area contributed by atoms with E-state index in [0.717, 1.165) is 10.5 Å². The number of hydrogen-bond donors (Lipinski definition) is 0. The van der Waals surface area contributed by atoms with Gasteiger partial charge in [0.05, 0.1) is 17.2 Å². The van der Waals surface area contributed by atoms with Gasteiger partial charge in [-0.3, -0.25) is 19.3 Å². The van der Waals surface area contributed by atoms with E-state index in [9.17, 15) is 14.4 Å². The first-order valence-electron chi connectivity index (χ1n) is 7.76. The maximum atomic E-state index is 12.5. The maximum Gasteiger partial charge on any atom is 0.262 e. The summed E-state index contributed by atoms with van der Waals surface area (Å²) in [6, 6.07) is 16.1. The van der Waals surface area contributed by atoms with E-state index in [-0.39, 0.29) is 18.5 Å². The molecule has 1 aliphatic rings. The van der Waals surface area contributed by atoms with E-state index >= 15 is 0 Å². The molecule has 2 aromatic rings. The molecule has 1 heterocycles.